The van der Waals surface area contributed by atoms with E-state index in [1.54, 1.807) is 11.3 Å². The standard InChI is InChI=1S/C31H59NO6S2Si2/c1-11-41(12-2,13-3)36-22-25(7)18-17-19-31(24-35-40(10,33)34)30(37-31)21-29(38-42(14-4,15-5)16-6)26(8)20-28-23-39-27(9)32-28/h20,23,25,29-30H,11-19,21-22,24H2,1-10H3/b26-20+/t25-,29-,30-,31-/m0/s1. The fourth-order valence-electron chi connectivity index (χ4n) is 5.94. The summed E-state index contributed by atoms with van der Waals surface area (Å²) < 4.78 is 49.3. The van der Waals surface area contributed by atoms with Crippen molar-refractivity contribution < 1.29 is 26.2 Å². The first-order valence-corrected chi connectivity index (χ1v) is 23.9. The zero-order valence-corrected chi connectivity index (χ0v) is 31.7. The van der Waals surface area contributed by atoms with Gasteiger partial charge in [0.2, 0.25) is 0 Å². The highest BCUT2D eigenvalue weighted by molar-refractivity contribution is 7.86. The maximum atomic E-state index is 12.0. The van der Waals surface area contributed by atoms with Crippen LogP contribution in [0.1, 0.15) is 91.8 Å². The second kappa shape index (κ2) is 16.8. The molecule has 1 aliphatic heterocycles. The Morgan fingerprint density at radius 3 is 2.19 bits per heavy atom. The third-order valence-electron chi connectivity index (χ3n) is 9.60. The molecule has 0 amide bonds. The molecule has 1 aromatic rings. The van der Waals surface area contributed by atoms with Gasteiger partial charge >= 0.3 is 0 Å². The summed E-state index contributed by atoms with van der Waals surface area (Å²) >= 11 is 1.65. The van der Waals surface area contributed by atoms with Crippen LogP contribution in [0, 0.1) is 12.8 Å². The van der Waals surface area contributed by atoms with Crippen LogP contribution in [0.4, 0.5) is 0 Å². The average Bonchev–Trinajstić information content (AvgIpc) is 3.48. The first kappa shape index (κ1) is 37.8. The number of aromatic nitrogens is 1. The summed E-state index contributed by atoms with van der Waals surface area (Å²) in [7, 11) is -7.10. The summed E-state index contributed by atoms with van der Waals surface area (Å²) in [5.41, 5.74) is 1.50. The minimum Gasteiger partial charge on any atom is -0.417 e. The number of hydrogen-bond donors (Lipinski definition) is 0. The lowest BCUT2D eigenvalue weighted by Crippen LogP contribution is -2.41. The first-order chi connectivity index (χ1) is 19.7. The van der Waals surface area contributed by atoms with Gasteiger partial charge in [-0.25, -0.2) is 4.98 Å². The van der Waals surface area contributed by atoms with E-state index in [0.29, 0.717) is 12.3 Å². The zero-order valence-electron chi connectivity index (χ0n) is 28.1. The van der Waals surface area contributed by atoms with Crippen molar-refractivity contribution in [3.8, 4) is 0 Å². The van der Waals surface area contributed by atoms with Crippen LogP contribution < -0.4 is 0 Å². The fraction of sp³-hybridized carbons (Fsp3) is 0.839. The molecule has 1 aromatic heterocycles. The third-order valence-corrected chi connectivity index (χ3v) is 20.2. The molecule has 7 nitrogen and oxygen atoms in total. The zero-order chi connectivity index (χ0) is 31.6. The van der Waals surface area contributed by atoms with Gasteiger partial charge in [0.1, 0.15) is 5.60 Å². The molecule has 0 spiro atoms. The van der Waals surface area contributed by atoms with Crippen molar-refractivity contribution in [1.82, 2.24) is 4.98 Å². The summed E-state index contributed by atoms with van der Waals surface area (Å²) in [4.78, 5) is 4.65. The molecule has 0 bridgehead atoms. The van der Waals surface area contributed by atoms with E-state index in [9.17, 15) is 8.42 Å². The van der Waals surface area contributed by atoms with E-state index in [2.05, 4.69) is 71.8 Å². The normalized spacial score (nSPS) is 21.5. The van der Waals surface area contributed by atoms with Crippen LogP contribution in [0.2, 0.25) is 36.3 Å². The van der Waals surface area contributed by atoms with E-state index >= 15 is 0 Å². The Balaban J connectivity index is 2.17. The molecule has 244 valence electrons. The molecule has 0 aliphatic carbocycles. The van der Waals surface area contributed by atoms with Gasteiger partial charge in [-0.1, -0.05) is 54.9 Å². The van der Waals surface area contributed by atoms with Gasteiger partial charge in [0.25, 0.3) is 10.1 Å². The molecule has 42 heavy (non-hydrogen) atoms. The summed E-state index contributed by atoms with van der Waals surface area (Å²) in [5.74, 6) is 0.444. The van der Waals surface area contributed by atoms with Crippen LogP contribution in [-0.2, 0) is 27.9 Å². The molecule has 0 saturated carbocycles. The van der Waals surface area contributed by atoms with Crippen LogP contribution >= 0.6 is 11.3 Å². The highest BCUT2D eigenvalue weighted by Gasteiger charge is 2.57. The Bertz CT molecular complexity index is 1070. The molecule has 1 saturated heterocycles. The molecule has 0 unspecified atom stereocenters. The van der Waals surface area contributed by atoms with Crippen LogP contribution in [0.5, 0.6) is 0 Å². The minimum atomic E-state index is -3.58. The average molecular weight is 662 g/mol. The first-order valence-electron chi connectivity index (χ1n) is 16.2. The predicted molar refractivity (Wildman–Crippen MR) is 182 cm³/mol. The van der Waals surface area contributed by atoms with Gasteiger partial charge in [0, 0.05) is 18.4 Å². The topological polar surface area (TPSA) is 87.2 Å². The van der Waals surface area contributed by atoms with E-state index in [4.69, 9.17) is 17.8 Å². The predicted octanol–water partition coefficient (Wildman–Crippen LogP) is 8.58. The number of nitrogens with zero attached hydrogens (tertiary/aromatic N) is 1. The summed E-state index contributed by atoms with van der Waals surface area (Å²) in [6.07, 6.45) is 6.42. The van der Waals surface area contributed by atoms with Gasteiger partial charge in [-0.2, -0.15) is 8.42 Å². The molecule has 4 atom stereocenters. The summed E-state index contributed by atoms with van der Waals surface area (Å²) in [5, 5.41) is 3.12. The molecule has 2 heterocycles. The molecule has 0 N–H and O–H groups in total. The molecule has 0 aromatic carbocycles. The Kier molecular flexibility index (Phi) is 15.1. The maximum Gasteiger partial charge on any atom is 0.264 e. The maximum absolute atomic E-state index is 12.0. The van der Waals surface area contributed by atoms with Crippen LogP contribution in [0.15, 0.2) is 11.0 Å². The molecule has 2 rings (SSSR count). The molecular formula is C31H59NO6S2Si2. The van der Waals surface area contributed by atoms with E-state index in [1.807, 2.05) is 6.92 Å². The third kappa shape index (κ3) is 11.2. The molecule has 11 heteroatoms. The number of aryl methyl sites for hydroxylation is 1. The lowest BCUT2D eigenvalue weighted by Gasteiger charge is -2.34. The smallest absolute Gasteiger partial charge is 0.264 e. The molecule has 0 radical (unpaired) electrons. The van der Waals surface area contributed by atoms with Gasteiger partial charge < -0.3 is 13.6 Å². The molecule has 1 fully saturated rings. The van der Waals surface area contributed by atoms with Crippen LogP contribution in [0.25, 0.3) is 6.08 Å². The number of hydrogen-bond acceptors (Lipinski definition) is 8. The lowest BCUT2D eigenvalue weighted by atomic mass is 9.92. The molecule has 1 aliphatic rings. The van der Waals surface area contributed by atoms with Crippen molar-refractivity contribution in [1.29, 1.82) is 0 Å². The SMILES string of the molecule is CC[Si](CC)(CC)OC[C@@H](C)CCC[C@@]1(COS(C)(=O)=O)O[C@H]1C[C@H](O[Si](CC)(CC)CC)/C(C)=C/c1csc(C)n1. The number of ether oxygens (including phenoxy) is 1. The lowest BCUT2D eigenvalue weighted by molar-refractivity contribution is 0.173. The van der Waals surface area contributed by atoms with E-state index < -0.39 is 32.4 Å². The Labute approximate surface area is 263 Å². The second-order valence-electron chi connectivity index (χ2n) is 12.5. The van der Waals surface area contributed by atoms with Gasteiger partial charge in [-0.05, 0) is 80.5 Å². The Morgan fingerprint density at radius 1 is 1.10 bits per heavy atom. The van der Waals surface area contributed by atoms with Crippen LogP contribution in [-0.4, -0.2) is 67.3 Å². The minimum absolute atomic E-state index is 0.0532. The highest BCUT2D eigenvalue weighted by atomic mass is 32.2. The van der Waals surface area contributed by atoms with Crippen molar-refractivity contribution in [2.24, 2.45) is 5.92 Å². The second-order valence-corrected chi connectivity index (χ2v) is 24.7. The number of thiazole rings is 1. The van der Waals surface area contributed by atoms with Crippen molar-refractivity contribution in [3.05, 3.63) is 21.7 Å². The van der Waals surface area contributed by atoms with E-state index in [0.717, 1.165) is 84.7 Å². The van der Waals surface area contributed by atoms with Crippen molar-refractivity contribution in [2.75, 3.05) is 19.5 Å². The Morgan fingerprint density at radius 2 is 1.69 bits per heavy atom. The van der Waals surface area contributed by atoms with Crippen molar-refractivity contribution in [3.63, 3.8) is 0 Å². The number of epoxide rings is 1. The summed E-state index contributed by atoms with van der Waals surface area (Å²) in [6.45, 7) is 20.8. The van der Waals surface area contributed by atoms with Crippen molar-refractivity contribution in [2.45, 2.75) is 142 Å². The van der Waals surface area contributed by atoms with Gasteiger partial charge in [0.05, 0.1) is 35.8 Å². The van der Waals surface area contributed by atoms with Gasteiger partial charge in [-0.3, -0.25) is 4.18 Å². The van der Waals surface area contributed by atoms with E-state index in [1.165, 1.54) is 0 Å². The van der Waals surface area contributed by atoms with E-state index in [-0.39, 0.29) is 18.8 Å². The van der Waals surface area contributed by atoms with Gasteiger partial charge in [0.15, 0.2) is 16.6 Å². The molecular weight excluding hydrogens is 603 g/mol. The number of rotatable bonds is 22. The Hall–Kier alpha value is -0.406. The van der Waals surface area contributed by atoms with Gasteiger partial charge in [-0.15, -0.1) is 11.3 Å². The monoisotopic (exact) mass is 661 g/mol. The fourth-order valence-corrected chi connectivity index (χ4v) is 12.6. The quantitative estimate of drug-likeness (QED) is 0.0699. The highest BCUT2D eigenvalue weighted by Crippen LogP contribution is 2.46. The largest absolute Gasteiger partial charge is 0.417 e. The van der Waals surface area contributed by atoms with Crippen molar-refractivity contribution >= 4 is 44.2 Å². The summed E-state index contributed by atoms with van der Waals surface area (Å²) in [6, 6.07) is 6.66. The van der Waals surface area contributed by atoms with Crippen LogP contribution in [0.3, 0.4) is 0 Å².